The van der Waals surface area contributed by atoms with E-state index >= 15 is 0 Å². The minimum absolute atomic E-state index is 0.364. The molecule has 1 atom stereocenters. The van der Waals surface area contributed by atoms with E-state index in [1.165, 1.54) is 7.11 Å². The van der Waals surface area contributed by atoms with Gasteiger partial charge in [-0.1, -0.05) is 0 Å². The van der Waals surface area contributed by atoms with E-state index in [9.17, 15) is 4.79 Å². The van der Waals surface area contributed by atoms with Crippen molar-refractivity contribution in [3.05, 3.63) is 23.8 Å². The fourth-order valence-corrected chi connectivity index (χ4v) is 1.57. The molecular weight excluding hydrogens is 222 g/mol. The van der Waals surface area contributed by atoms with Crippen molar-refractivity contribution < 1.29 is 19.0 Å². The predicted molar refractivity (Wildman–Crippen MR) is 57.7 cm³/mol. The second-order valence-corrected chi connectivity index (χ2v) is 3.54. The van der Waals surface area contributed by atoms with Gasteiger partial charge in [-0.05, 0) is 12.1 Å². The Hall–Kier alpha value is -2.22. The maximum Gasteiger partial charge on any atom is 0.347 e. The van der Waals surface area contributed by atoms with Crippen molar-refractivity contribution in [3.8, 4) is 17.6 Å². The molecule has 0 unspecified atom stereocenters. The van der Waals surface area contributed by atoms with Crippen LogP contribution in [-0.4, -0.2) is 25.8 Å². The van der Waals surface area contributed by atoms with Crippen LogP contribution in [0.1, 0.15) is 12.0 Å². The van der Waals surface area contributed by atoms with Gasteiger partial charge in [-0.15, -0.1) is 0 Å². The van der Waals surface area contributed by atoms with Crippen LogP contribution in [0.3, 0.4) is 0 Å². The molecule has 1 saturated heterocycles. The number of hydrogen-bond acceptors (Lipinski definition) is 5. The van der Waals surface area contributed by atoms with Crippen LogP contribution < -0.4 is 9.47 Å². The van der Waals surface area contributed by atoms with Crippen molar-refractivity contribution in [2.24, 2.45) is 0 Å². The van der Waals surface area contributed by atoms with Crippen LogP contribution in [0, 0.1) is 11.3 Å². The maximum atomic E-state index is 11.3. The molecular formula is C12H11NO4. The molecule has 1 aliphatic heterocycles. The molecule has 0 radical (unpaired) electrons. The molecule has 1 heterocycles. The van der Waals surface area contributed by atoms with E-state index in [1.807, 2.05) is 6.07 Å². The molecule has 0 aromatic heterocycles. The number of methoxy groups -OCH3 is 1. The Morgan fingerprint density at radius 2 is 2.29 bits per heavy atom. The molecule has 0 aliphatic carbocycles. The second kappa shape index (κ2) is 4.74. The molecule has 0 spiro atoms. The van der Waals surface area contributed by atoms with Crippen LogP contribution in [-0.2, 0) is 9.53 Å². The molecule has 0 saturated carbocycles. The molecule has 2 rings (SSSR count). The van der Waals surface area contributed by atoms with E-state index in [1.54, 1.807) is 18.2 Å². The van der Waals surface area contributed by atoms with Gasteiger partial charge in [-0.2, -0.15) is 5.26 Å². The van der Waals surface area contributed by atoms with Crippen LogP contribution in [0.15, 0.2) is 18.2 Å². The predicted octanol–water partition coefficient (Wildman–Crippen LogP) is 1.26. The third kappa shape index (κ3) is 2.31. The summed E-state index contributed by atoms with van der Waals surface area (Å²) in [5.74, 6) is 0.510. The van der Waals surface area contributed by atoms with Crippen LogP contribution in [0.4, 0.5) is 0 Å². The number of cyclic esters (lactones) is 1. The number of hydrogen-bond donors (Lipinski definition) is 0. The first-order valence-electron chi connectivity index (χ1n) is 5.16. The highest BCUT2D eigenvalue weighted by Gasteiger charge is 2.29. The lowest BCUT2D eigenvalue weighted by Crippen LogP contribution is -2.21. The summed E-state index contributed by atoms with van der Waals surface area (Å²) in [6.07, 6.45) is -0.0565. The summed E-state index contributed by atoms with van der Waals surface area (Å²) in [4.78, 5) is 11.3. The van der Waals surface area contributed by atoms with Crippen molar-refractivity contribution in [1.29, 1.82) is 5.26 Å². The Labute approximate surface area is 98.5 Å². The lowest BCUT2D eigenvalue weighted by molar-refractivity contribution is -0.143. The molecule has 5 nitrogen and oxygen atoms in total. The molecule has 88 valence electrons. The first kappa shape index (κ1) is 11.3. The Balaban J connectivity index is 2.20. The zero-order chi connectivity index (χ0) is 12.3. The van der Waals surface area contributed by atoms with Crippen LogP contribution >= 0.6 is 0 Å². The lowest BCUT2D eigenvalue weighted by Gasteiger charge is -2.13. The SMILES string of the molecule is COc1cc(C#N)ccc1O[C@H]1CCOC1=O. The quantitative estimate of drug-likeness (QED) is 0.735. The number of carbonyl (C=O) groups excluding carboxylic acids is 1. The normalized spacial score (nSPS) is 18.4. The van der Waals surface area contributed by atoms with Gasteiger partial charge in [0.15, 0.2) is 17.6 Å². The average molecular weight is 233 g/mol. The van der Waals surface area contributed by atoms with E-state index in [2.05, 4.69) is 0 Å². The number of rotatable bonds is 3. The van der Waals surface area contributed by atoms with E-state index < -0.39 is 6.10 Å². The highest BCUT2D eigenvalue weighted by atomic mass is 16.6. The molecule has 5 heteroatoms. The monoisotopic (exact) mass is 233 g/mol. The number of ether oxygens (including phenoxy) is 3. The molecule has 0 amide bonds. The minimum atomic E-state index is -0.586. The summed E-state index contributed by atoms with van der Waals surface area (Å²) >= 11 is 0. The molecule has 1 aliphatic rings. The van der Waals surface area contributed by atoms with Crippen LogP contribution in [0.5, 0.6) is 11.5 Å². The Bertz CT molecular complexity index is 478. The van der Waals surface area contributed by atoms with E-state index in [4.69, 9.17) is 19.5 Å². The van der Waals surface area contributed by atoms with Gasteiger partial charge in [0.1, 0.15) is 0 Å². The highest BCUT2D eigenvalue weighted by molar-refractivity contribution is 5.77. The Kier molecular flexibility index (Phi) is 3.15. The van der Waals surface area contributed by atoms with Gasteiger partial charge in [0.25, 0.3) is 0 Å². The van der Waals surface area contributed by atoms with Crippen molar-refractivity contribution in [2.45, 2.75) is 12.5 Å². The molecule has 0 bridgehead atoms. The van der Waals surface area contributed by atoms with E-state index in [0.717, 1.165) is 0 Å². The Morgan fingerprint density at radius 3 is 2.88 bits per heavy atom. The van der Waals surface area contributed by atoms with E-state index in [0.29, 0.717) is 30.1 Å². The fraction of sp³-hybridized carbons (Fsp3) is 0.333. The minimum Gasteiger partial charge on any atom is -0.493 e. The van der Waals surface area contributed by atoms with Gasteiger partial charge < -0.3 is 14.2 Å². The van der Waals surface area contributed by atoms with Gasteiger partial charge in [0, 0.05) is 12.5 Å². The third-order valence-corrected chi connectivity index (χ3v) is 2.45. The van der Waals surface area contributed by atoms with Gasteiger partial charge in [0.05, 0.1) is 25.3 Å². The lowest BCUT2D eigenvalue weighted by atomic mass is 10.2. The smallest absolute Gasteiger partial charge is 0.347 e. The molecule has 17 heavy (non-hydrogen) atoms. The van der Waals surface area contributed by atoms with Crippen LogP contribution in [0.25, 0.3) is 0 Å². The third-order valence-electron chi connectivity index (χ3n) is 2.45. The van der Waals surface area contributed by atoms with Gasteiger partial charge in [-0.3, -0.25) is 0 Å². The number of benzene rings is 1. The summed E-state index contributed by atoms with van der Waals surface area (Å²) < 4.78 is 15.4. The second-order valence-electron chi connectivity index (χ2n) is 3.54. The van der Waals surface area contributed by atoms with Crippen molar-refractivity contribution >= 4 is 5.97 Å². The van der Waals surface area contributed by atoms with Crippen LogP contribution in [0.2, 0.25) is 0 Å². The highest BCUT2D eigenvalue weighted by Crippen LogP contribution is 2.30. The molecule has 1 aromatic carbocycles. The number of esters is 1. The number of nitriles is 1. The van der Waals surface area contributed by atoms with Crippen molar-refractivity contribution in [2.75, 3.05) is 13.7 Å². The first-order valence-corrected chi connectivity index (χ1v) is 5.16. The zero-order valence-electron chi connectivity index (χ0n) is 9.30. The average Bonchev–Trinajstić information content (AvgIpc) is 2.75. The van der Waals surface area contributed by atoms with Crippen molar-refractivity contribution in [3.63, 3.8) is 0 Å². The largest absolute Gasteiger partial charge is 0.493 e. The molecule has 1 fully saturated rings. The van der Waals surface area contributed by atoms with Gasteiger partial charge in [0.2, 0.25) is 0 Å². The standard InChI is InChI=1S/C12H11NO4/c1-15-11-6-8(7-13)2-3-9(11)17-10-4-5-16-12(10)14/h2-3,6,10H,4-5H2,1H3/t10-/m0/s1. The van der Waals surface area contributed by atoms with Gasteiger partial charge in [-0.25, -0.2) is 4.79 Å². The zero-order valence-corrected chi connectivity index (χ0v) is 9.30. The Morgan fingerprint density at radius 1 is 1.47 bits per heavy atom. The first-order chi connectivity index (χ1) is 8.24. The fourth-order valence-electron chi connectivity index (χ4n) is 1.57. The van der Waals surface area contributed by atoms with Crippen molar-refractivity contribution in [1.82, 2.24) is 0 Å². The summed E-state index contributed by atoms with van der Waals surface area (Å²) in [5.41, 5.74) is 0.475. The molecule has 1 aromatic rings. The number of carbonyl (C=O) groups is 1. The summed E-state index contributed by atoms with van der Waals surface area (Å²) in [6, 6.07) is 6.79. The number of nitrogens with zero attached hydrogens (tertiary/aromatic N) is 1. The maximum absolute atomic E-state index is 11.3. The molecule has 0 N–H and O–H groups in total. The summed E-state index contributed by atoms with van der Waals surface area (Å²) in [6.45, 7) is 0.377. The topological polar surface area (TPSA) is 68.6 Å². The summed E-state index contributed by atoms with van der Waals surface area (Å²) in [5, 5.41) is 8.75. The van der Waals surface area contributed by atoms with Gasteiger partial charge >= 0.3 is 5.97 Å². The summed E-state index contributed by atoms with van der Waals surface area (Å²) in [7, 11) is 1.48. The van der Waals surface area contributed by atoms with E-state index in [-0.39, 0.29) is 5.97 Å².